The van der Waals surface area contributed by atoms with E-state index in [1.165, 1.54) is 26.3 Å². The van der Waals surface area contributed by atoms with E-state index in [0.29, 0.717) is 30.6 Å². The van der Waals surface area contributed by atoms with Crippen LogP contribution in [0.3, 0.4) is 0 Å². The molecule has 24 heavy (non-hydrogen) atoms. The van der Waals surface area contributed by atoms with Crippen LogP contribution in [0, 0.1) is 0 Å². The lowest BCUT2D eigenvalue weighted by molar-refractivity contribution is 0.297. The first-order chi connectivity index (χ1) is 11.5. The van der Waals surface area contributed by atoms with Crippen molar-refractivity contribution in [1.82, 2.24) is 4.98 Å². The number of sulfonamides is 1. The fraction of sp³-hybridized carbons (Fsp3) is 0.312. The highest BCUT2D eigenvalue weighted by Crippen LogP contribution is 2.33. The van der Waals surface area contributed by atoms with Gasteiger partial charge in [0.05, 0.1) is 25.2 Å². The van der Waals surface area contributed by atoms with Crippen molar-refractivity contribution >= 4 is 15.8 Å². The second-order valence-corrected chi connectivity index (χ2v) is 7.14. The lowest BCUT2D eigenvalue weighted by atomic mass is 10.3. The van der Waals surface area contributed by atoms with E-state index in [1.54, 1.807) is 24.3 Å². The number of ether oxygens (including phenoxy) is 3. The van der Waals surface area contributed by atoms with Gasteiger partial charge in [-0.05, 0) is 18.2 Å². The Morgan fingerprint density at radius 3 is 2.62 bits per heavy atom. The Morgan fingerprint density at radius 2 is 1.88 bits per heavy atom. The molecule has 1 aromatic carbocycles. The number of hydrogen-bond acceptors (Lipinski definition) is 6. The first-order valence-electron chi connectivity index (χ1n) is 7.42. The summed E-state index contributed by atoms with van der Waals surface area (Å²) in [5, 5.41) is 0. The standard InChI is InChI=1S/C16H18N2O5S/c1-18(15-5-3-6-16(17-15)21-2)24(19,20)12-7-8-13-14(11-12)23-10-4-9-22-13/h3,5-8,11H,4,9-10H2,1-2H3. The summed E-state index contributed by atoms with van der Waals surface area (Å²) in [4.78, 5) is 4.26. The largest absolute Gasteiger partial charge is 0.490 e. The van der Waals surface area contributed by atoms with E-state index in [2.05, 4.69) is 4.98 Å². The van der Waals surface area contributed by atoms with Gasteiger partial charge in [0, 0.05) is 25.6 Å². The summed E-state index contributed by atoms with van der Waals surface area (Å²) in [6, 6.07) is 9.52. The van der Waals surface area contributed by atoms with Crippen LogP contribution in [0.5, 0.6) is 17.4 Å². The molecule has 1 aromatic heterocycles. The number of benzene rings is 1. The van der Waals surface area contributed by atoms with E-state index in [-0.39, 0.29) is 10.7 Å². The van der Waals surface area contributed by atoms with Gasteiger partial charge in [0.15, 0.2) is 11.5 Å². The zero-order valence-electron chi connectivity index (χ0n) is 13.4. The van der Waals surface area contributed by atoms with Gasteiger partial charge in [0.2, 0.25) is 5.88 Å². The van der Waals surface area contributed by atoms with Gasteiger partial charge in [0.25, 0.3) is 10.0 Å². The molecule has 1 aliphatic heterocycles. The van der Waals surface area contributed by atoms with Crippen molar-refractivity contribution in [3.05, 3.63) is 36.4 Å². The van der Waals surface area contributed by atoms with Crippen LogP contribution in [0.2, 0.25) is 0 Å². The molecule has 0 amide bonds. The lowest BCUT2D eigenvalue weighted by Crippen LogP contribution is -2.27. The van der Waals surface area contributed by atoms with Crippen molar-refractivity contribution in [3.63, 3.8) is 0 Å². The topological polar surface area (TPSA) is 78.0 Å². The summed E-state index contributed by atoms with van der Waals surface area (Å²) in [5.41, 5.74) is 0. The maximum Gasteiger partial charge on any atom is 0.265 e. The van der Waals surface area contributed by atoms with Crippen LogP contribution in [-0.4, -0.2) is 40.8 Å². The molecule has 0 saturated heterocycles. The average Bonchev–Trinajstić information content (AvgIpc) is 2.85. The Morgan fingerprint density at radius 1 is 1.12 bits per heavy atom. The number of hydrogen-bond donors (Lipinski definition) is 0. The molecule has 0 atom stereocenters. The summed E-state index contributed by atoms with van der Waals surface area (Å²) in [7, 11) is -0.861. The minimum absolute atomic E-state index is 0.110. The quantitative estimate of drug-likeness (QED) is 0.840. The number of anilines is 1. The maximum absolute atomic E-state index is 12.9. The van der Waals surface area contributed by atoms with Crippen LogP contribution in [0.4, 0.5) is 5.82 Å². The van der Waals surface area contributed by atoms with Gasteiger partial charge in [-0.25, -0.2) is 8.42 Å². The van der Waals surface area contributed by atoms with Crippen molar-refractivity contribution in [2.45, 2.75) is 11.3 Å². The van der Waals surface area contributed by atoms with Crippen LogP contribution < -0.4 is 18.5 Å². The molecule has 0 aliphatic carbocycles. The molecule has 2 heterocycles. The van der Waals surface area contributed by atoms with Gasteiger partial charge in [0.1, 0.15) is 5.82 Å². The smallest absolute Gasteiger partial charge is 0.265 e. The van der Waals surface area contributed by atoms with E-state index in [1.807, 2.05) is 0 Å². The number of nitrogens with zero attached hydrogens (tertiary/aromatic N) is 2. The van der Waals surface area contributed by atoms with Gasteiger partial charge >= 0.3 is 0 Å². The molecular formula is C16H18N2O5S. The van der Waals surface area contributed by atoms with Crippen LogP contribution in [0.25, 0.3) is 0 Å². The maximum atomic E-state index is 12.9. The number of rotatable bonds is 4. The SMILES string of the molecule is COc1cccc(N(C)S(=O)(=O)c2ccc3c(c2)OCCCO3)n1. The second-order valence-electron chi connectivity index (χ2n) is 5.17. The molecule has 0 fully saturated rings. The Hall–Kier alpha value is -2.48. The van der Waals surface area contributed by atoms with Crippen LogP contribution in [-0.2, 0) is 10.0 Å². The molecule has 3 rings (SSSR count). The molecule has 7 nitrogen and oxygen atoms in total. The second kappa shape index (κ2) is 6.56. The minimum Gasteiger partial charge on any atom is -0.490 e. The third-order valence-electron chi connectivity index (χ3n) is 3.62. The summed E-state index contributed by atoms with van der Waals surface area (Å²) in [6.07, 6.45) is 0.754. The predicted octanol–water partition coefficient (Wildman–Crippen LogP) is 2.08. The molecule has 1 aliphatic rings. The summed E-state index contributed by atoms with van der Waals surface area (Å²) in [5.74, 6) is 1.59. The molecule has 0 spiro atoms. The first-order valence-corrected chi connectivity index (χ1v) is 8.86. The molecule has 0 bridgehead atoms. The third-order valence-corrected chi connectivity index (χ3v) is 5.38. The molecule has 2 aromatic rings. The number of fused-ring (bicyclic) bond motifs is 1. The van der Waals surface area contributed by atoms with Crippen molar-refractivity contribution in [1.29, 1.82) is 0 Å². The van der Waals surface area contributed by atoms with Gasteiger partial charge in [-0.3, -0.25) is 4.31 Å². The van der Waals surface area contributed by atoms with Gasteiger partial charge in [-0.2, -0.15) is 4.98 Å². The van der Waals surface area contributed by atoms with Crippen molar-refractivity contribution in [2.24, 2.45) is 0 Å². The van der Waals surface area contributed by atoms with Crippen molar-refractivity contribution in [2.75, 3.05) is 31.7 Å². The van der Waals surface area contributed by atoms with Crippen molar-refractivity contribution in [3.8, 4) is 17.4 Å². The van der Waals surface area contributed by atoms with E-state index < -0.39 is 10.0 Å². The summed E-state index contributed by atoms with van der Waals surface area (Å²) in [6.45, 7) is 1.04. The fourth-order valence-corrected chi connectivity index (χ4v) is 3.44. The fourth-order valence-electron chi connectivity index (χ4n) is 2.28. The normalized spacial score (nSPS) is 13.9. The van der Waals surface area contributed by atoms with Gasteiger partial charge < -0.3 is 14.2 Å². The molecule has 0 radical (unpaired) electrons. The highest BCUT2D eigenvalue weighted by Gasteiger charge is 2.24. The Balaban J connectivity index is 1.96. The molecular weight excluding hydrogens is 332 g/mol. The Kier molecular flexibility index (Phi) is 4.48. The van der Waals surface area contributed by atoms with Gasteiger partial charge in [-0.1, -0.05) is 6.07 Å². The predicted molar refractivity (Wildman–Crippen MR) is 88.4 cm³/mol. The highest BCUT2D eigenvalue weighted by molar-refractivity contribution is 7.92. The van der Waals surface area contributed by atoms with Crippen molar-refractivity contribution < 1.29 is 22.6 Å². The van der Waals surface area contributed by atoms with E-state index in [4.69, 9.17) is 14.2 Å². The number of methoxy groups -OCH3 is 1. The van der Waals surface area contributed by atoms with Crippen LogP contribution >= 0.6 is 0 Å². The van der Waals surface area contributed by atoms with E-state index in [9.17, 15) is 8.42 Å². The van der Waals surface area contributed by atoms with E-state index in [0.717, 1.165) is 10.7 Å². The molecule has 8 heteroatoms. The Bertz CT molecular complexity index is 838. The highest BCUT2D eigenvalue weighted by atomic mass is 32.2. The average molecular weight is 350 g/mol. The molecule has 0 saturated carbocycles. The van der Waals surface area contributed by atoms with Gasteiger partial charge in [-0.15, -0.1) is 0 Å². The third kappa shape index (κ3) is 3.09. The zero-order valence-corrected chi connectivity index (χ0v) is 14.2. The molecule has 0 unspecified atom stereocenters. The van der Waals surface area contributed by atoms with E-state index >= 15 is 0 Å². The number of aromatic nitrogens is 1. The lowest BCUT2D eigenvalue weighted by Gasteiger charge is -2.19. The Labute approximate surface area is 140 Å². The minimum atomic E-state index is -3.78. The first kappa shape index (κ1) is 16.4. The zero-order chi connectivity index (χ0) is 17.2. The summed E-state index contributed by atoms with van der Waals surface area (Å²) < 4.78 is 42.9. The van der Waals surface area contributed by atoms with Crippen LogP contribution in [0.1, 0.15) is 6.42 Å². The summed E-state index contributed by atoms with van der Waals surface area (Å²) >= 11 is 0. The monoisotopic (exact) mass is 350 g/mol. The molecule has 128 valence electrons. The molecule has 0 N–H and O–H groups in total. The number of pyridine rings is 1. The van der Waals surface area contributed by atoms with Crippen LogP contribution in [0.15, 0.2) is 41.3 Å².